The van der Waals surface area contributed by atoms with E-state index in [0.29, 0.717) is 0 Å². The smallest absolute Gasteiger partial charge is 0.368 e. The molecule has 0 aromatic carbocycles. The van der Waals surface area contributed by atoms with Gasteiger partial charge in [-0.1, -0.05) is 12.8 Å². The van der Waals surface area contributed by atoms with Crippen molar-refractivity contribution in [2.75, 3.05) is 0 Å². The molecule has 1 aliphatic rings. The highest BCUT2D eigenvalue weighted by Gasteiger charge is 2.21. The lowest BCUT2D eigenvalue weighted by Gasteiger charge is -2.04. The maximum absolute atomic E-state index is 11.9. The Morgan fingerprint density at radius 2 is 2.06 bits per heavy atom. The van der Waals surface area contributed by atoms with Gasteiger partial charge in [-0.05, 0) is 30.2 Å². The molecular weight excluding hydrogens is 224 g/mol. The zero-order valence-electron chi connectivity index (χ0n) is 9.54. The van der Waals surface area contributed by atoms with E-state index >= 15 is 0 Å². The van der Waals surface area contributed by atoms with E-state index in [1.807, 2.05) is 0 Å². The number of tetrazole rings is 1. The average Bonchev–Trinajstić information content (AvgIpc) is 2.89. The Morgan fingerprint density at radius 1 is 1.41 bits per heavy atom. The SMILES string of the molecule is C/C(=C\n1nnn(C2CCCC2)c1=O)C(=O)O. The first-order valence-electron chi connectivity index (χ1n) is 5.55. The number of carboxylic acid groups (broad SMARTS) is 1. The Kier molecular flexibility index (Phi) is 3.08. The van der Waals surface area contributed by atoms with Crippen LogP contribution < -0.4 is 5.69 Å². The van der Waals surface area contributed by atoms with Crippen molar-refractivity contribution in [3.63, 3.8) is 0 Å². The molecule has 2 rings (SSSR count). The molecule has 0 aliphatic heterocycles. The molecule has 1 N–H and O–H groups in total. The molecule has 0 atom stereocenters. The molecular formula is C10H14N4O3. The van der Waals surface area contributed by atoms with Gasteiger partial charge < -0.3 is 5.11 Å². The summed E-state index contributed by atoms with van der Waals surface area (Å²) in [5.74, 6) is -1.08. The summed E-state index contributed by atoms with van der Waals surface area (Å²) in [4.78, 5) is 22.5. The third-order valence-corrected chi connectivity index (χ3v) is 2.95. The minimum Gasteiger partial charge on any atom is -0.478 e. The van der Waals surface area contributed by atoms with E-state index in [1.165, 1.54) is 17.8 Å². The van der Waals surface area contributed by atoms with Gasteiger partial charge in [-0.2, -0.15) is 9.36 Å². The lowest BCUT2D eigenvalue weighted by Crippen LogP contribution is -2.25. The molecule has 17 heavy (non-hydrogen) atoms. The quantitative estimate of drug-likeness (QED) is 0.774. The molecule has 92 valence electrons. The molecule has 1 saturated carbocycles. The molecule has 0 amide bonds. The van der Waals surface area contributed by atoms with Crippen LogP contribution in [0, 0.1) is 0 Å². The maximum Gasteiger partial charge on any atom is 0.368 e. The third-order valence-electron chi connectivity index (χ3n) is 2.95. The van der Waals surface area contributed by atoms with Crippen molar-refractivity contribution in [2.24, 2.45) is 0 Å². The van der Waals surface area contributed by atoms with Crippen molar-refractivity contribution in [3.8, 4) is 0 Å². The zero-order valence-corrected chi connectivity index (χ0v) is 9.54. The van der Waals surface area contributed by atoms with E-state index in [0.717, 1.165) is 30.4 Å². The average molecular weight is 238 g/mol. The van der Waals surface area contributed by atoms with Gasteiger partial charge in [-0.25, -0.2) is 9.59 Å². The van der Waals surface area contributed by atoms with E-state index < -0.39 is 5.97 Å². The molecule has 0 unspecified atom stereocenters. The number of hydrogen-bond donors (Lipinski definition) is 1. The molecule has 1 aliphatic carbocycles. The van der Waals surface area contributed by atoms with E-state index in [-0.39, 0.29) is 17.3 Å². The van der Waals surface area contributed by atoms with Crippen molar-refractivity contribution in [2.45, 2.75) is 38.6 Å². The zero-order chi connectivity index (χ0) is 12.4. The Morgan fingerprint density at radius 3 is 2.65 bits per heavy atom. The van der Waals surface area contributed by atoms with Gasteiger partial charge in [-0.3, -0.25) is 0 Å². The number of carboxylic acids is 1. The standard InChI is InChI=1S/C10H14N4O3/c1-7(9(15)16)6-13-10(17)14(12-11-13)8-4-2-3-5-8/h6,8H,2-5H2,1H3,(H,15,16)/b7-6+. The largest absolute Gasteiger partial charge is 0.478 e. The molecule has 7 heteroatoms. The van der Waals surface area contributed by atoms with E-state index in [2.05, 4.69) is 10.4 Å². The van der Waals surface area contributed by atoms with Crippen LogP contribution in [-0.4, -0.2) is 30.9 Å². The van der Waals surface area contributed by atoms with Gasteiger partial charge in [0.1, 0.15) is 0 Å². The second-order valence-corrected chi connectivity index (χ2v) is 4.21. The Labute approximate surface area is 97.3 Å². The Hall–Kier alpha value is -1.92. The normalized spacial score (nSPS) is 17.6. The minimum atomic E-state index is -1.08. The Bertz CT molecular complexity index is 508. The fourth-order valence-corrected chi connectivity index (χ4v) is 1.97. The third kappa shape index (κ3) is 2.27. The second kappa shape index (κ2) is 4.52. The lowest BCUT2D eigenvalue weighted by atomic mass is 10.3. The molecule has 0 saturated heterocycles. The van der Waals surface area contributed by atoms with Crippen LogP contribution in [0.1, 0.15) is 38.6 Å². The minimum absolute atomic E-state index is 0.0468. The number of aromatic nitrogens is 4. The lowest BCUT2D eigenvalue weighted by molar-refractivity contribution is -0.132. The van der Waals surface area contributed by atoms with Crippen molar-refractivity contribution < 1.29 is 9.90 Å². The van der Waals surface area contributed by atoms with Crippen LogP contribution in [0.3, 0.4) is 0 Å². The van der Waals surface area contributed by atoms with Crippen molar-refractivity contribution in [3.05, 3.63) is 16.1 Å². The number of carbonyl (C=O) groups is 1. The summed E-state index contributed by atoms with van der Waals surface area (Å²) in [5, 5.41) is 16.2. The molecule has 0 radical (unpaired) electrons. The molecule has 1 heterocycles. The highest BCUT2D eigenvalue weighted by Crippen LogP contribution is 2.27. The van der Waals surface area contributed by atoms with Crippen molar-refractivity contribution in [1.82, 2.24) is 19.8 Å². The van der Waals surface area contributed by atoms with Gasteiger partial charge in [0.2, 0.25) is 0 Å². The summed E-state index contributed by atoms with van der Waals surface area (Å²) in [6.07, 6.45) is 5.23. The molecule has 0 bridgehead atoms. The predicted molar refractivity (Wildman–Crippen MR) is 59.4 cm³/mol. The van der Waals surface area contributed by atoms with Crippen LogP contribution >= 0.6 is 0 Å². The molecule has 1 aromatic heterocycles. The summed E-state index contributed by atoms with van der Waals surface area (Å²) in [6, 6.07) is 0.106. The number of rotatable bonds is 3. The van der Waals surface area contributed by atoms with Crippen LogP contribution in [0.5, 0.6) is 0 Å². The van der Waals surface area contributed by atoms with Gasteiger partial charge in [-0.15, -0.1) is 0 Å². The Balaban J connectivity index is 2.29. The molecule has 1 aromatic rings. The monoisotopic (exact) mass is 238 g/mol. The summed E-state index contributed by atoms with van der Waals surface area (Å²) >= 11 is 0. The van der Waals surface area contributed by atoms with Crippen LogP contribution in [0.25, 0.3) is 6.20 Å². The molecule has 1 fully saturated rings. The van der Waals surface area contributed by atoms with E-state index in [4.69, 9.17) is 5.11 Å². The number of nitrogens with zero attached hydrogens (tertiary/aromatic N) is 4. The van der Waals surface area contributed by atoms with Gasteiger partial charge in [0, 0.05) is 6.20 Å². The number of aliphatic carboxylic acids is 1. The first-order chi connectivity index (χ1) is 8.09. The highest BCUT2D eigenvalue weighted by molar-refractivity contribution is 5.89. The van der Waals surface area contributed by atoms with E-state index in [9.17, 15) is 9.59 Å². The summed E-state index contributed by atoms with van der Waals surface area (Å²) in [7, 11) is 0. The van der Waals surface area contributed by atoms with Gasteiger partial charge in [0.25, 0.3) is 0 Å². The fourth-order valence-electron chi connectivity index (χ4n) is 1.97. The summed E-state index contributed by atoms with van der Waals surface area (Å²) in [6.45, 7) is 1.41. The van der Waals surface area contributed by atoms with Crippen LogP contribution in [0.15, 0.2) is 10.4 Å². The van der Waals surface area contributed by atoms with Crippen molar-refractivity contribution >= 4 is 12.2 Å². The first-order valence-corrected chi connectivity index (χ1v) is 5.55. The fraction of sp³-hybridized carbons (Fsp3) is 0.600. The number of hydrogen-bond acceptors (Lipinski definition) is 4. The molecule has 7 nitrogen and oxygen atoms in total. The van der Waals surface area contributed by atoms with Crippen LogP contribution in [0.2, 0.25) is 0 Å². The van der Waals surface area contributed by atoms with Gasteiger partial charge in [0.15, 0.2) is 0 Å². The predicted octanol–water partition coefficient (Wildman–Crippen LogP) is 0.500. The molecule has 0 spiro atoms. The van der Waals surface area contributed by atoms with Crippen LogP contribution in [-0.2, 0) is 4.79 Å². The van der Waals surface area contributed by atoms with E-state index in [1.54, 1.807) is 0 Å². The van der Waals surface area contributed by atoms with Gasteiger partial charge in [0.05, 0.1) is 11.6 Å². The topological polar surface area (TPSA) is 90.0 Å². The second-order valence-electron chi connectivity index (χ2n) is 4.21. The first kappa shape index (κ1) is 11.6. The van der Waals surface area contributed by atoms with Gasteiger partial charge >= 0.3 is 11.7 Å². The highest BCUT2D eigenvalue weighted by atomic mass is 16.4. The summed E-state index contributed by atoms with van der Waals surface area (Å²) in [5.41, 5.74) is -0.330. The van der Waals surface area contributed by atoms with Crippen LogP contribution in [0.4, 0.5) is 0 Å². The summed E-state index contributed by atoms with van der Waals surface area (Å²) < 4.78 is 2.32. The maximum atomic E-state index is 11.9. The van der Waals surface area contributed by atoms with Crippen molar-refractivity contribution in [1.29, 1.82) is 0 Å².